The number of unbranched alkanes of at least 4 members (excludes halogenated alkanes) is 1. The first kappa shape index (κ1) is 9.75. The van der Waals surface area contributed by atoms with E-state index in [1.807, 2.05) is 0 Å². The van der Waals surface area contributed by atoms with Crippen LogP contribution in [0.3, 0.4) is 0 Å². The van der Waals surface area contributed by atoms with E-state index in [-0.39, 0.29) is 6.61 Å². The molecule has 0 rings (SSSR count). The topological polar surface area (TPSA) is 9.23 Å². The van der Waals surface area contributed by atoms with Crippen LogP contribution in [-0.4, -0.2) is 26.3 Å². The second-order valence-corrected chi connectivity index (χ2v) is 1.86. The van der Waals surface area contributed by atoms with Crippen molar-refractivity contribution in [3.63, 3.8) is 0 Å². The summed E-state index contributed by atoms with van der Waals surface area (Å²) in [5, 5.41) is 0. The number of halogens is 3. The Hall–Kier alpha value is -0.250. The molecule has 0 aliphatic carbocycles. The molecule has 0 aromatic heterocycles. The summed E-state index contributed by atoms with van der Waals surface area (Å²) in [6, 6.07) is 0. The van der Waals surface area contributed by atoms with Gasteiger partial charge in [-0.25, -0.2) is 8.78 Å². The summed E-state index contributed by atoms with van der Waals surface area (Å²) in [5.74, 6) is 0. The normalized spacial score (nSPS) is 10.8. The Kier molecular flexibility index (Phi) is 6.69. The first-order chi connectivity index (χ1) is 4.77. The lowest BCUT2D eigenvalue weighted by atomic mass is 10.3. The van der Waals surface area contributed by atoms with Crippen LogP contribution in [0.4, 0.5) is 13.2 Å². The lowest BCUT2D eigenvalue weighted by Gasteiger charge is -2.00. The molecule has 0 aliphatic heterocycles. The lowest BCUT2D eigenvalue weighted by molar-refractivity contribution is 0.0160. The molecule has 4 heteroatoms. The first-order valence-corrected chi connectivity index (χ1v) is 3.19. The average molecular weight is 156 g/mol. The molecule has 0 unspecified atom stereocenters. The molecule has 0 saturated heterocycles. The van der Waals surface area contributed by atoms with Crippen molar-refractivity contribution >= 4 is 0 Å². The fourth-order valence-electron chi connectivity index (χ4n) is 0.471. The molecule has 0 aromatic rings. The van der Waals surface area contributed by atoms with E-state index in [0.717, 1.165) is 0 Å². The third kappa shape index (κ3) is 7.75. The zero-order valence-electron chi connectivity index (χ0n) is 5.66. The van der Waals surface area contributed by atoms with Crippen molar-refractivity contribution in [3.8, 4) is 0 Å². The number of hydrogen-bond donors (Lipinski definition) is 0. The van der Waals surface area contributed by atoms with Gasteiger partial charge in [0.2, 0.25) is 0 Å². The minimum absolute atomic E-state index is 0.230. The number of alkyl halides is 3. The zero-order valence-corrected chi connectivity index (χ0v) is 5.66. The second kappa shape index (κ2) is 6.86. The SMILES string of the molecule is FCCCCOCC(F)F. The van der Waals surface area contributed by atoms with Gasteiger partial charge < -0.3 is 4.74 Å². The monoisotopic (exact) mass is 156 g/mol. The summed E-state index contributed by atoms with van der Waals surface area (Å²) in [7, 11) is 0. The van der Waals surface area contributed by atoms with Crippen LogP contribution in [0.2, 0.25) is 0 Å². The van der Waals surface area contributed by atoms with Crippen LogP contribution in [0, 0.1) is 0 Å². The molecule has 0 bridgehead atoms. The van der Waals surface area contributed by atoms with Crippen LogP contribution in [0.25, 0.3) is 0 Å². The van der Waals surface area contributed by atoms with E-state index in [0.29, 0.717) is 12.8 Å². The van der Waals surface area contributed by atoms with E-state index in [4.69, 9.17) is 0 Å². The average Bonchev–Trinajstić information content (AvgIpc) is 1.87. The van der Waals surface area contributed by atoms with Gasteiger partial charge in [-0.1, -0.05) is 0 Å². The van der Waals surface area contributed by atoms with Gasteiger partial charge in [0.05, 0.1) is 6.67 Å². The highest BCUT2D eigenvalue weighted by Gasteiger charge is 2.00. The van der Waals surface area contributed by atoms with Gasteiger partial charge >= 0.3 is 0 Å². The van der Waals surface area contributed by atoms with Gasteiger partial charge in [-0.2, -0.15) is 0 Å². The number of ether oxygens (including phenoxy) is 1. The molecule has 10 heavy (non-hydrogen) atoms. The number of rotatable bonds is 6. The molecular formula is C6H11F3O. The molecule has 0 amide bonds. The zero-order chi connectivity index (χ0) is 7.82. The molecule has 0 aliphatic rings. The van der Waals surface area contributed by atoms with Gasteiger partial charge in [-0.3, -0.25) is 4.39 Å². The molecule has 0 heterocycles. The maximum absolute atomic E-state index is 11.4. The fourth-order valence-corrected chi connectivity index (χ4v) is 0.471. The third-order valence-corrected chi connectivity index (χ3v) is 0.916. The van der Waals surface area contributed by atoms with Gasteiger partial charge in [0, 0.05) is 6.61 Å². The fraction of sp³-hybridized carbons (Fsp3) is 1.00. The molecule has 0 N–H and O–H groups in total. The van der Waals surface area contributed by atoms with Crippen LogP contribution in [0.15, 0.2) is 0 Å². The van der Waals surface area contributed by atoms with Gasteiger partial charge in [0.15, 0.2) is 0 Å². The van der Waals surface area contributed by atoms with E-state index < -0.39 is 19.7 Å². The highest BCUT2D eigenvalue weighted by Crippen LogP contribution is 1.95. The summed E-state index contributed by atoms with van der Waals surface area (Å²) in [4.78, 5) is 0. The third-order valence-electron chi connectivity index (χ3n) is 0.916. The lowest BCUT2D eigenvalue weighted by Crippen LogP contribution is -2.05. The van der Waals surface area contributed by atoms with Crippen LogP contribution in [0.1, 0.15) is 12.8 Å². The Balaban J connectivity index is 2.77. The number of hydrogen-bond acceptors (Lipinski definition) is 1. The molecule has 1 nitrogen and oxygen atoms in total. The Morgan fingerprint density at radius 3 is 2.40 bits per heavy atom. The van der Waals surface area contributed by atoms with Crippen LogP contribution in [0.5, 0.6) is 0 Å². The smallest absolute Gasteiger partial charge is 0.261 e. The maximum atomic E-state index is 11.4. The Morgan fingerprint density at radius 2 is 1.90 bits per heavy atom. The van der Waals surface area contributed by atoms with Crippen molar-refractivity contribution in [2.75, 3.05) is 19.9 Å². The maximum Gasteiger partial charge on any atom is 0.261 e. The Labute approximate surface area is 58.2 Å². The molecule has 62 valence electrons. The van der Waals surface area contributed by atoms with Gasteiger partial charge in [0.25, 0.3) is 6.43 Å². The summed E-state index contributed by atoms with van der Waals surface area (Å²) in [6.07, 6.45) is -1.50. The standard InChI is InChI=1S/C6H11F3O/c7-3-1-2-4-10-5-6(8)9/h6H,1-5H2. The van der Waals surface area contributed by atoms with E-state index in [1.54, 1.807) is 0 Å². The van der Waals surface area contributed by atoms with Crippen LogP contribution >= 0.6 is 0 Å². The van der Waals surface area contributed by atoms with Crippen LogP contribution < -0.4 is 0 Å². The van der Waals surface area contributed by atoms with Crippen LogP contribution in [-0.2, 0) is 4.74 Å². The second-order valence-electron chi connectivity index (χ2n) is 1.86. The van der Waals surface area contributed by atoms with Crippen molar-refractivity contribution in [1.29, 1.82) is 0 Å². The largest absolute Gasteiger partial charge is 0.376 e. The van der Waals surface area contributed by atoms with Crippen molar-refractivity contribution in [3.05, 3.63) is 0 Å². The minimum Gasteiger partial charge on any atom is -0.376 e. The van der Waals surface area contributed by atoms with Crippen molar-refractivity contribution in [2.45, 2.75) is 19.3 Å². The molecular weight excluding hydrogens is 145 g/mol. The van der Waals surface area contributed by atoms with Crippen molar-refractivity contribution < 1.29 is 17.9 Å². The van der Waals surface area contributed by atoms with Gasteiger partial charge in [0.1, 0.15) is 6.61 Å². The predicted molar refractivity (Wildman–Crippen MR) is 32.0 cm³/mol. The van der Waals surface area contributed by atoms with E-state index >= 15 is 0 Å². The van der Waals surface area contributed by atoms with Crippen molar-refractivity contribution in [2.24, 2.45) is 0 Å². The van der Waals surface area contributed by atoms with E-state index in [2.05, 4.69) is 4.74 Å². The Morgan fingerprint density at radius 1 is 1.20 bits per heavy atom. The highest BCUT2D eigenvalue weighted by molar-refractivity contribution is 4.38. The summed E-state index contributed by atoms with van der Waals surface area (Å²) < 4.78 is 38.5. The Bertz CT molecular complexity index is 68.0. The van der Waals surface area contributed by atoms with Crippen molar-refractivity contribution in [1.82, 2.24) is 0 Å². The summed E-state index contributed by atoms with van der Waals surface area (Å²) in [6.45, 7) is -0.710. The van der Waals surface area contributed by atoms with E-state index in [9.17, 15) is 13.2 Å². The molecule has 0 atom stereocenters. The molecule has 0 saturated carbocycles. The first-order valence-electron chi connectivity index (χ1n) is 3.19. The molecule has 0 fully saturated rings. The molecule has 0 aromatic carbocycles. The molecule has 0 spiro atoms. The molecule has 0 radical (unpaired) electrons. The quantitative estimate of drug-likeness (QED) is 0.534. The van der Waals surface area contributed by atoms with Gasteiger partial charge in [-0.05, 0) is 12.8 Å². The minimum atomic E-state index is -2.41. The predicted octanol–water partition coefficient (Wildman–Crippen LogP) is 2.02. The van der Waals surface area contributed by atoms with Gasteiger partial charge in [-0.15, -0.1) is 0 Å². The summed E-state index contributed by atoms with van der Waals surface area (Å²) in [5.41, 5.74) is 0. The van der Waals surface area contributed by atoms with E-state index in [1.165, 1.54) is 0 Å². The summed E-state index contributed by atoms with van der Waals surface area (Å²) >= 11 is 0. The highest BCUT2D eigenvalue weighted by atomic mass is 19.3.